The summed E-state index contributed by atoms with van der Waals surface area (Å²) in [5.41, 5.74) is 1.93. The van der Waals surface area contributed by atoms with Crippen LogP contribution in [-0.2, 0) is 9.59 Å². The number of halogens is 1. The fraction of sp³-hybridized carbons (Fsp3) is 0.409. The largest absolute Gasteiger partial charge is 0.342 e. The van der Waals surface area contributed by atoms with E-state index in [4.69, 9.17) is 0 Å². The molecule has 1 N–H and O–H groups in total. The van der Waals surface area contributed by atoms with Crippen LogP contribution in [0, 0.1) is 24.6 Å². The molecule has 1 saturated carbocycles. The molecule has 0 bridgehead atoms. The summed E-state index contributed by atoms with van der Waals surface area (Å²) in [5.74, 6) is 0.242. The summed E-state index contributed by atoms with van der Waals surface area (Å²) in [4.78, 5) is 31.6. The Labute approximate surface area is 164 Å². The average molecular weight is 381 g/mol. The molecule has 2 aromatic rings. The molecule has 28 heavy (non-hydrogen) atoms. The number of likely N-dealkylation sites (tertiary alicyclic amines) is 1. The van der Waals surface area contributed by atoms with Gasteiger partial charge in [-0.15, -0.1) is 0 Å². The van der Waals surface area contributed by atoms with Gasteiger partial charge in [0.25, 0.3) is 0 Å². The number of aromatic nitrogens is 1. The van der Waals surface area contributed by atoms with E-state index in [2.05, 4.69) is 10.3 Å². The fourth-order valence-electron chi connectivity index (χ4n) is 4.01. The molecular weight excluding hydrogens is 357 g/mol. The maximum absolute atomic E-state index is 13.1. The van der Waals surface area contributed by atoms with Crippen LogP contribution >= 0.6 is 0 Å². The highest BCUT2D eigenvalue weighted by molar-refractivity contribution is 5.93. The highest BCUT2D eigenvalue weighted by Crippen LogP contribution is 2.48. The monoisotopic (exact) mass is 381 g/mol. The molecule has 0 radical (unpaired) electrons. The first-order chi connectivity index (χ1) is 13.5. The van der Waals surface area contributed by atoms with Crippen LogP contribution in [0.2, 0.25) is 0 Å². The van der Waals surface area contributed by atoms with E-state index < -0.39 is 0 Å². The van der Waals surface area contributed by atoms with Crippen molar-refractivity contribution in [1.29, 1.82) is 0 Å². The number of nitrogens with one attached hydrogen (secondary N) is 1. The summed E-state index contributed by atoms with van der Waals surface area (Å²) >= 11 is 0. The van der Waals surface area contributed by atoms with E-state index in [0.29, 0.717) is 18.9 Å². The van der Waals surface area contributed by atoms with Crippen molar-refractivity contribution in [3.05, 3.63) is 59.5 Å². The summed E-state index contributed by atoms with van der Waals surface area (Å²) in [6.45, 7) is 3.04. The zero-order chi connectivity index (χ0) is 19.7. The van der Waals surface area contributed by atoms with E-state index in [1.54, 1.807) is 18.3 Å². The minimum Gasteiger partial charge on any atom is -0.342 e. The minimum atomic E-state index is -0.264. The van der Waals surface area contributed by atoms with Gasteiger partial charge in [0.05, 0.1) is 5.92 Å². The third-order valence-electron chi connectivity index (χ3n) is 5.76. The normalized spacial score (nSPS) is 23.9. The van der Waals surface area contributed by atoms with Crippen molar-refractivity contribution in [2.24, 2.45) is 11.8 Å². The first kappa shape index (κ1) is 18.6. The molecule has 2 aliphatic rings. The molecule has 146 valence electrons. The maximum atomic E-state index is 13.1. The molecule has 1 saturated heterocycles. The summed E-state index contributed by atoms with van der Waals surface area (Å²) in [6, 6.07) is 10.1. The fourth-order valence-corrected chi connectivity index (χ4v) is 4.01. The summed E-state index contributed by atoms with van der Waals surface area (Å²) in [7, 11) is 0. The predicted molar refractivity (Wildman–Crippen MR) is 104 cm³/mol. The van der Waals surface area contributed by atoms with Crippen LogP contribution in [0.1, 0.15) is 36.3 Å². The standard InChI is InChI=1S/C22H24FN3O2/c1-14-4-2-10-24-20(14)25-21(27)16-5-3-11-26(13-16)22(28)19-12-18(19)15-6-8-17(23)9-7-15/h2,4,6-10,16,18-19H,3,5,11-13H2,1H3,(H,24,25,27). The van der Waals surface area contributed by atoms with Crippen molar-refractivity contribution < 1.29 is 14.0 Å². The first-order valence-corrected chi connectivity index (χ1v) is 9.79. The highest BCUT2D eigenvalue weighted by Gasteiger charge is 2.46. The molecule has 4 rings (SSSR count). The molecule has 1 aromatic carbocycles. The Balaban J connectivity index is 1.36. The zero-order valence-electron chi connectivity index (χ0n) is 15.9. The van der Waals surface area contributed by atoms with Gasteiger partial charge in [0.1, 0.15) is 11.6 Å². The van der Waals surface area contributed by atoms with E-state index in [1.807, 2.05) is 24.0 Å². The molecule has 1 aliphatic heterocycles. The average Bonchev–Trinajstić information content (AvgIpc) is 3.50. The molecule has 2 heterocycles. The Morgan fingerprint density at radius 2 is 2.00 bits per heavy atom. The lowest BCUT2D eigenvalue weighted by Crippen LogP contribution is -2.44. The number of hydrogen-bond acceptors (Lipinski definition) is 3. The molecule has 2 amide bonds. The number of aryl methyl sites for hydroxylation is 1. The quantitative estimate of drug-likeness (QED) is 0.882. The number of anilines is 1. The maximum Gasteiger partial charge on any atom is 0.230 e. The molecular formula is C22H24FN3O2. The van der Waals surface area contributed by atoms with Crippen molar-refractivity contribution in [2.75, 3.05) is 18.4 Å². The lowest BCUT2D eigenvalue weighted by atomic mass is 9.96. The molecule has 1 aliphatic carbocycles. The molecule has 2 fully saturated rings. The van der Waals surface area contributed by atoms with Crippen LogP contribution in [0.5, 0.6) is 0 Å². The van der Waals surface area contributed by atoms with Crippen molar-refractivity contribution >= 4 is 17.6 Å². The van der Waals surface area contributed by atoms with Gasteiger partial charge in [0.15, 0.2) is 0 Å². The summed E-state index contributed by atoms with van der Waals surface area (Å²) in [5, 5.41) is 2.90. The number of rotatable bonds is 4. The van der Waals surface area contributed by atoms with Crippen LogP contribution < -0.4 is 5.32 Å². The van der Waals surface area contributed by atoms with Gasteiger partial charge in [0.2, 0.25) is 11.8 Å². The van der Waals surface area contributed by atoms with Crippen molar-refractivity contribution in [3.8, 4) is 0 Å². The number of pyridine rings is 1. The minimum absolute atomic E-state index is 0.0506. The Kier molecular flexibility index (Phi) is 5.11. The van der Waals surface area contributed by atoms with Gasteiger partial charge in [-0.2, -0.15) is 0 Å². The van der Waals surface area contributed by atoms with Crippen molar-refractivity contribution in [1.82, 2.24) is 9.88 Å². The van der Waals surface area contributed by atoms with Gasteiger partial charge >= 0.3 is 0 Å². The number of nitrogens with zero attached hydrogens (tertiary/aromatic N) is 2. The molecule has 3 unspecified atom stereocenters. The smallest absolute Gasteiger partial charge is 0.230 e. The van der Waals surface area contributed by atoms with Crippen molar-refractivity contribution in [2.45, 2.75) is 32.1 Å². The van der Waals surface area contributed by atoms with E-state index in [-0.39, 0.29) is 35.4 Å². The van der Waals surface area contributed by atoms with Gasteiger partial charge in [-0.05, 0) is 61.4 Å². The van der Waals surface area contributed by atoms with Crippen LogP contribution in [0.4, 0.5) is 10.2 Å². The Morgan fingerprint density at radius 1 is 1.21 bits per heavy atom. The Hall–Kier alpha value is -2.76. The number of carbonyl (C=O) groups is 2. The van der Waals surface area contributed by atoms with Crippen LogP contribution in [0.3, 0.4) is 0 Å². The highest BCUT2D eigenvalue weighted by atomic mass is 19.1. The second kappa shape index (κ2) is 7.70. The number of amides is 2. The van der Waals surface area contributed by atoms with Crippen molar-refractivity contribution in [3.63, 3.8) is 0 Å². The molecule has 1 aromatic heterocycles. The molecule has 0 spiro atoms. The third-order valence-corrected chi connectivity index (χ3v) is 5.76. The molecule has 6 heteroatoms. The second-order valence-electron chi connectivity index (χ2n) is 7.78. The zero-order valence-corrected chi connectivity index (χ0v) is 15.9. The molecule has 3 atom stereocenters. The van der Waals surface area contributed by atoms with E-state index >= 15 is 0 Å². The van der Waals surface area contributed by atoms with E-state index in [1.165, 1.54) is 12.1 Å². The third kappa shape index (κ3) is 3.91. The Morgan fingerprint density at radius 3 is 2.75 bits per heavy atom. The predicted octanol–water partition coefficient (Wildman–Crippen LogP) is 3.51. The van der Waals surface area contributed by atoms with Gasteiger partial charge in [-0.25, -0.2) is 9.37 Å². The summed E-state index contributed by atoms with van der Waals surface area (Å²) in [6.07, 6.45) is 4.04. The Bertz CT molecular complexity index is 884. The van der Waals surface area contributed by atoms with E-state index in [9.17, 15) is 14.0 Å². The van der Waals surface area contributed by atoms with Gasteiger partial charge in [-0.1, -0.05) is 18.2 Å². The van der Waals surface area contributed by atoms with E-state index in [0.717, 1.165) is 30.4 Å². The van der Waals surface area contributed by atoms with Crippen LogP contribution in [0.15, 0.2) is 42.6 Å². The van der Waals surface area contributed by atoms with Crippen LogP contribution in [0.25, 0.3) is 0 Å². The second-order valence-corrected chi connectivity index (χ2v) is 7.78. The van der Waals surface area contributed by atoms with Gasteiger partial charge in [0, 0.05) is 25.2 Å². The number of piperidine rings is 1. The van der Waals surface area contributed by atoms with Gasteiger partial charge < -0.3 is 10.2 Å². The lowest BCUT2D eigenvalue weighted by Gasteiger charge is -2.32. The lowest BCUT2D eigenvalue weighted by molar-refractivity contribution is -0.135. The van der Waals surface area contributed by atoms with Gasteiger partial charge in [-0.3, -0.25) is 9.59 Å². The number of benzene rings is 1. The number of carbonyl (C=O) groups excluding carboxylic acids is 2. The number of hydrogen-bond donors (Lipinski definition) is 1. The SMILES string of the molecule is Cc1cccnc1NC(=O)C1CCCN(C(=O)C2CC2c2ccc(F)cc2)C1. The topological polar surface area (TPSA) is 62.3 Å². The summed E-state index contributed by atoms with van der Waals surface area (Å²) < 4.78 is 13.1. The first-order valence-electron chi connectivity index (χ1n) is 9.79. The van der Waals surface area contributed by atoms with Crippen LogP contribution in [-0.4, -0.2) is 34.8 Å². The molecule has 5 nitrogen and oxygen atoms in total.